The van der Waals surface area contributed by atoms with E-state index in [9.17, 15) is 9.59 Å². The average Bonchev–Trinajstić information content (AvgIpc) is 2.62. The second-order valence-electron chi connectivity index (χ2n) is 5.64. The number of hydrogen-bond acceptors (Lipinski definition) is 4. The van der Waals surface area contributed by atoms with Crippen LogP contribution in [0.2, 0.25) is 0 Å². The van der Waals surface area contributed by atoms with E-state index < -0.39 is 0 Å². The molecular formula is C18H20ClN3O2. The Bertz CT molecular complexity index is 704. The first-order chi connectivity index (χ1) is 11.2. The van der Waals surface area contributed by atoms with Gasteiger partial charge in [0.05, 0.1) is 6.04 Å². The summed E-state index contributed by atoms with van der Waals surface area (Å²) in [6, 6.07) is 10.7. The highest BCUT2D eigenvalue weighted by Gasteiger charge is 2.28. The van der Waals surface area contributed by atoms with Gasteiger partial charge in [0, 0.05) is 43.2 Å². The molecule has 1 unspecified atom stereocenters. The zero-order valence-electron chi connectivity index (χ0n) is 13.4. The van der Waals surface area contributed by atoms with Crippen molar-refractivity contribution in [3.63, 3.8) is 0 Å². The molecule has 1 aromatic heterocycles. The first kappa shape index (κ1) is 18.1. The van der Waals surface area contributed by atoms with Gasteiger partial charge in [-0.2, -0.15) is 0 Å². The van der Waals surface area contributed by atoms with Gasteiger partial charge >= 0.3 is 0 Å². The molecular weight excluding hydrogens is 326 g/mol. The summed E-state index contributed by atoms with van der Waals surface area (Å²) in [5.41, 5.74) is 2.24. The lowest BCUT2D eigenvalue weighted by molar-refractivity contribution is 0.0633. The van der Waals surface area contributed by atoms with Crippen molar-refractivity contribution in [2.45, 2.75) is 13.0 Å². The van der Waals surface area contributed by atoms with Crippen LogP contribution in [0.1, 0.15) is 39.2 Å². The number of piperazine rings is 1. The molecule has 1 fully saturated rings. The molecule has 24 heavy (non-hydrogen) atoms. The van der Waals surface area contributed by atoms with Crippen molar-refractivity contribution in [1.82, 2.24) is 15.2 Å². The molecule has 3 rings (SSSR count). The van der Waals surface area contributed by atoms with E-state index in [1.54, 1.807) is 36.7 Å². The van der Waals surface area contributed by atoms with Gasteiger partial charge in [-0.3, -0.25) is 14.6 Å². The van der Waals surface area contributed by atoms with E-state index in [0.29, 0.717) is 24.2 Å². The Morgan fingerprint density at radius 1 is 1.17 bits per heavy atom. The number of carbonyl (C=O) groups excluding carboxylic acids is 2. The Morgan fingerprint density at radius 3 is 2.50 bits per heavy atom. The molecule has 1 aromatic carbocycles. The number of aromatic nitrogens is 1. The van der Waals surface area contributed by atoms with E-state index in [1.807, 2.05) is 17.0 Å². The molecule has 2 aromatic rings. The number of hydrogen-bond donors (Lipinski definition) is 1. The number of benzene rings is 1. The van der Waals surface area contributed by atoms with Gasteiger partial charge in [-0.15, -0.1) is 12.4 Å². The fourth-order valence-electron chi connectivity index (χ4n) is 2.83. The second-order valence-corrected chi connectivity index (χ2v) is 5.64. The zero-order valence-corrected chi connectivity index (χ0v) is 14.3. The van der Waals surface area contributed by atoms with Crippen LogP contribution in [0.4, 0.5) is 0 Å². The van der Waals surface area contributed by atoms with Gasteiger partial charge in [0.15, 0.2) is 5.78 Å². The van der Waals surface area contributed by atoms with Gasteiger partial charge in [-0.05, 0) is 30.7 Å². The number of Topliss-reactive ketones (excluding diaryl/α,β-unsaturated/α-hetero) is 1. The predicted molar refractivity (Wildman–Crippen MR) is 94.6 cm³/mol. The van der Waals surface area contributed by atoms with E-state index >= 15 is 0 Å². The molecule has 0 bridgehead atoms. The first-order valence-electron chi connectivity index (χ1n) is 7.69. The zero-order chi connectivity index (χ0) is 16.2. The minimum atomic E-state index is -0.0302. The maximum absolute atomic E-state index is 12.9. The molecule has 1 saturated heterocycles. The molecule has 0 saturated carbocycles. The number of pyridine rings is 1. The summed E-state index contributed by atoms with van der Waals surface area (Å²) in [7, 11) is 0. The van der Waals surface area contributed by atoms with E-state index in [-0.39, 0.29) is 30.1 Å². The molecule has 0 radical (unpaired) electrons. The van der Waals surface area contributed by atoms with Gasteiger partial charge in [-0.1, -0.05) is 18.2 Å². The smallest absolute Gasteiger partial charge is 0.254 e. The minimum Gasteiger partial charge on any atom is -0.329 e. The minimum absolute atomic E-state index is 0. The average molecular weight is 346 g/mol. The fraction of sp³-hybridized carbons (Fsp3) is 0.278. The summed E-state index contributed by atoms with van der Waals surface area (Å²) >= 11 is 0. The Hall–Kier alpha value is -2.24. The largest absolute Gasteiger partial charge is 0.329 e. The van der Waals surface area contributed by atoms with Crippen LogP contribution in [0.15, 0.2) is 48.8 Å². The van der Waals surface area contributed by atoms with Crippen LogP contribution in [0, 0.1) is 0 Å². The lowest BCUT2D eigenvalue weighted by Crippen LogP contribution is -2.48. The number of amides is 1. The molecule has 1 aliphatic heterocycles. The molecule has 1 aliphatic rings. The Kier molecular flexibility index (Phi) is 6.06. The molecule has 0 spiro atoms. The molecule has 2 heterocycles. The third-order valence-electron chi connectivity index (χ3n) is 4.11. The number of nitrogens with zero attached hydrogens (tertiary/aromatic N) is 2. The van der Waals surface area contributed by atoms with Crippen molar-refractivity contribution < 1.29 is 9.59 Å². The molecule has 1 atom stereocenters. The topological polar surface area (TPSA) is 62.3 Å². The Labute approximate surface area is 147 Å². The van der Waals surface area contributed by atoms with Crippen LogP contribution < -0.4 is 5.32 Å². The molecule has 0 aliphatic carbocycles. The number of halogens is 1. The highest BCUT2D eigenvalue weighted by molar-refractivity contribution is 5.98. The maximum atomic E-state index is 12.9. The fourth-order valence-corrected chi connectivity index (χ4v) is 2.83. The van der Waals surface area contributed by atoms with Crippen LogP contribution >= 0.6 is 12.4 Å². The first-order valence-corrected chi connectivity index (χ1v) is 7.69. The van der Waals surface area contributed by atoms with Crippen molar-refractivity contribution in [3.8, 4) is 0 Å². The summed E-state index contributed by atoms with van der Waals surface area (Å²) in [6.07, 6.45) is 3.53. The monoisotopic (exact) mass is 345 g/mol. The van der Waals surface area contributed by atoms with Crippen LogP contribution in [0.5, 0.6) is 0 Å². The number of carbonyl (C=O) groups is 2. The molecule has 126 valence electrons. The summed E-state index contributed by atoms with van der Waals surface area (Å²) in [6.45, 7) is 3.65. The molecule has 1 amide bonds. The summed E-state index contributed by atoms with van der Waals surface area (Å²) in [4.78, 5) is 30.2. The maximum Gasteiger partial charge on any atom is 0.254 e. The van der Waals surface area contributed by atoms with Gasteiger partial charge in [0.2, 0.25) is 0 Å². The predicted octanol–water partition coefficient (Wildman–Crippen LogP) is 2.49. The van der Waals surface area contributed by atoms with Crippen molar-refractivity contribution in [2.75, 3.05) is 19.6 Å². The Balaban J connectivity index is 0.00000208. The molecule has 5 nitrogen and oxygen atoms in total. The van der Waals surface area contributed by atoms with Gasteiger partial charge in [0.1, 0.15) is 0 Å². The lowest BCUT2D eigenvalue weighted by Gasteiger charge is -2.36. The van der Waals surface area contributed by atoms with Crippen LogP contribution in [0.3, 0.4) is 0 Å². The van der Waals surface area contributed by atoms with E-state index in [2.05, 4.69) is 10.3 Å². The summed E-state index contributed by atoms with van der Waals surface area (Å²) in [5, 5.41) is 3.33. The highest BCUT2D eigenvalue weighted by atomic mass is 35.5. The SMILES string of the molecule is CC(=O)c1ccc(C(=O)N2CCNCC2c2cccnc2)cc1.Cl. The molecule has 6 heteroatoms. The standard InChI is InChI=1S/C18H19N3O2.ClH/c1-13(22)14-4-6-15(7-5-14)18(23)21-10-9-20-12-17(21)16-3-2-8-19-11-16;/h2-8,11,17,20H,9-10,12H2,1H3;1H. The number of rotatable bonds is 3. The highest BCUT2D eigenvalue weighted by Crippen LogP contribution is 2.23. The Morgan fingerprint density at radius 2 is 1.88 bits per heavy atom. The van der Waals surface area contributed by atoms with Gasteiger partial charge in [-0.25, -0.2) is 0 Å². The number of ketones is 1. The van der Waals surface area contributed by atoms with E-state index in [0.717, 1.165) is 12.1 Å². The number of nitrogens with one attached hydrogen (secondary N) is 1. The van der Waals surface area contributed by atoms with Crippen LogP contribution in [-0.2, 0) is 0 Å². The van der Waals surface area contributed by atoms with Crippen LogP contribution in [-0.4, -0.2) is 41.2 Å². The van der Waals surface area contributed by atoms with Crippen molar-refractivity contribution in [1.29, 1.82) is 0 Å². The van der Waals surface area contributed by atoms with Gasteiger partial charge in [0.25, 0.3) is 5.91 Å². The van der Waals surface area contributed by atoms with Crippen LogP contribution in [0.25, 0.3) is 0 Å². The van der Waals surface area contributed by atoms with Crippen molar-refractivity contribution in [3.05, 3.63) is 65.5 Å². The third-order valence-corrected chi connectivity index (χ3v) is 4.11. The second kappa shape index (κ2) is 8.04. The normalized spacial score (nSPS) is 17.0. The van der Waals surface area contributed by atoms with Gasteiger partial charge < -0.3 is 10.2 Å². The lowest BCUT2D eigenvalue weighted by atomic mass is 10.0. The van der Waals surface area contributed by atoms with E-state index in [1.165, 1.54) is 6.92 Å². The van der Waals surface area contributed by atoms with Crippen molar-refractivity contribution in [2.24, 2.45) is 0 Å². The summed E-state index contributed by atoms with van der Waals surface area (Å²) in [5.74, 6) is -0.0186. The third kappa shape index (κ3) is 3.80. The summed E-state index contributed by atoms with van der Waals surface area (Å²) < 4.78 is 0. The van der Waals surface area contributed by atoms with Crippen molar-refractivity contribution >= 4 is 24.1 Å². The molecule has 1 N–H and O–H groups in total. The quantitative estimate of drug-likeness (QED) is 0.868. The van der Waals surface area contributed by atoms with E-state index in [4.69, 9.17) is 0 Å².